The van der Waals surface area contributed by atoms with Gasteiger partial charge in [0.1, 0.15) is 25.4 Å². The van der Waals surface area contributed by atoms with E-state index in [0.29, 0.717) is 26.1 Å². The number of esters is 2. The zero-order chi connectivity index (χ0) is 14.8. The van der Waals surface area contributed by atoms with Crippen molar-refractivity contribution in [3.05, 3.63) is 0 Å². The molecule has 3 fully saturated rings. The Labute approximate surface area is 122 Å². The minimum absolute atomic E-state index is 0.0158. The van der Waals surface area contributed by atoms with Gasteiger partial charge in [-0.1, -0.05) is 0 Å². The van der Waals surface area contributed by atoms with Crippen molar-refractivity contribution in [1.29, 1.82) is 0 Å². The van der Waals surface area contributed by atoms with Crippen LogP contribution in [0, 0.1) is 11.8 Å². The summed E-state index contributed by atoms with van der Waals surface area (Å²) in [5, 5.41) is 10.1. The van der Waals surface area contributed by atoms with E-state index in [1.807, 2.05) is 0 Å². The summed E-state index contributed by atoms with van der Waals surface area (Å²) in [6.45, 7) is 1.78. The fourth-order valence-electron chi connectivity index (χ4n) is 2.54. The minimum Gasteiger partial charge on any atom is -0.463 e. The van der Waals surface area contributed by atoms with Crippen molar-refractivity contribution in [3.8, 4) is 0 Å². The Kier molecular flexibility index (Phi) is 4.42. The zero-order valence-corrected chi connectivity index (χ0v) is 11.7. The van der Waals surface area contributed by atoms with Crippen molar-refractivity contribution in [1.82, 2.24) is 0 Å². The maximum absolute atomic E-state index is 11.9. The topological polar surface area (TPSA) is 97.9 Å². The van der Waals surface area contributed by atoms with Crippen LogP contribution in [-0.4, -0.2) is 61.8 Å². The smallest absolute Gasteiger partial charge is 0.311 e. The first-order valence-electron chi connectivity index (χ1n) is 7.38. The van der Waals surface area contributed by atoms with Crippen LogP contribution in [0.1, 0.15) is 19.3 Å². The number of carbonyl (C=O) groups excluding carboxylic acids is 2. The maximum atomic E-state index is 11.9. The van der Waals surface area contributed by atoms with Gasteiger partial charge in [0, 0.05) is 0 Å². The number of hydrogen-bond acceptors (Lipinski definition) is 7. The molecule has 7 heteroatoms. The van der Waals surface area contributed by atoms with Crippen molar-refractivity contribution in [2.24, 2.45) is 11.8 Å². The second-order valence-corrected chi connectivity index (χ2v) is 5.85. The van der Waals surface area contributed by atoms with Gasteiger partial charge in [0.25, 0.3) is 0 Å². The molecule has 1 aliphatic carbocycles. The standard InChI is InChI=1S/C14H20O7/c15-12-3-8(13(16)20-6-9-4-18-9)1-2-11(12)14(17)21-7-10-5-19-10/h8-12,15H,1-7H2. The van der Waals surface area contributed by atoms with E-state index in [4.69, 9.17) is 18.9 Å². The highest BCUT2D eigenvalue weighted by atomic mass is 16.6. The summed E-state index contributed by atoms with van der Waals surface area (Å²) in [6, 6.07) is 0. The van der Waals surface area contributed by atoms with E-state index in [9.17, 15) is 14.7 Å². The molecule has 0 radical (unpaired) electrons. The van der Waals surface area contributed by atoms with Gasteiger partial charge in [0.15, 0.2) is 0 Å². The van der Waals surface area contributed by atoms with Crippen molar-refractivity contribution in [2.75, 3.05) is 26.4 Å². The number of epoxide rings is 2. The molecule has 5 unspecified atom stereocenters. The predicted octanol–water partition coefficient (Wildman–Crippen LogP) is -0.352. The zero-order valence-electron chi connectivity index (χ0n) is 11.7. The Morgan fingerprint density at radius 2 is 1.57 bits per heavy atom. The lowest BCUT2D eigenvalue weighted by Crippen LogP contribution is -2.39. The van der Waals surface area contributed by atoms with Crippen molar-refractivity contribution < 1.29 is 33.6 Å². The summed E-state index contributed by atoms with van der Waals surface area (Å²) in [6.07, 6.45) is 0.397. The SMILES string of the molecule is O=C(OCC1CO1)C1CCC(C(=O)OCC2CO2)C(O)C1. The summed E-state index contributed by atoms with van der Waals surface area (Å²) >= 11 is 0. The lowest BCUT2D eigenvalue weighted by molar-refractivity contribution is -0.161. The lowest BCUT2D eigenvalue weighted by atomic mass is 9.80. The van der Waals surface area contributed by atoms with E-state index in [1.165, 1.54) is 0 Å². The Morgan fingerprint density at radius 1 is 1.00 bits per heavy atom. The van der Waals surface area contributed by atoms with Gasteiger partial charge in [-0.25, -0.2) is 0 Å². The molecule has 0 aromatic heterocycles. The third kappa shape index (κ3) is 4.15. The Bertz CT molecular complexity index is 402. The molecule has 0 spiro atoms. The number of ether oxygens (including phenoxy) is 4. The molecule has 5 atom stereocenters. The highest BCUT2D eigenvalue weighted by Crippen LogP contribution is 2.31. The number of aliphatic hydroxyl groups is 1. The van der Waals surface area contributed by atoms with Gasteiger partial charge >= 0.3 is 11.9 Å². The molecular formula is C14H20O7. The van der Waals surface area contributed by atoms with Crippen LogP contribution in [0.25, 0.3) is 0 Å². The van der Waals surface area contributed by atoms with Crippen LogP contribution in [0.15, 0.2) is 0 Å². The molecule has 2 aliphatic heterocycles. The van der Waals surface area contributed by atoms with Gasteiger partial charge in [-0.05, 0) is 19.3 Å². The van der Waals surface area contributed by atoms with Crippen LogP contribution >= 0.6 is 0 Å². The van der Waals surface area contributed by atoms with E-state index in [1.54, 1.807) is 0 Å². The number of hydrogen-bond donors (Lipinski definition) is 1. The molecule has 2 heterocycles. The molecule has 3 rings (SSSR count). The fraction of sp³-hybridized carbons (Fsp3) is 0.857. The summed E-state index contributed by atoms with van der Waals surface area (Å²) in [5.74, 6) is -1.63. The summed E-state index contributed by atoms with van der Waals surface area (Å²) in [5.41, 5.74) is 0. The molecule has 2 saturated heterocycles. The van der Waals surface area contributed by atoms with Crippen molar-refractivity contribution >= 4 is 11.9 Å². The second kappa shape index (κ2) is 6.29. The van der Waals surface area contributed by atoms with Gasteiger partial charge in [0.05, 0.1) is 31.2 Å². The molecule has 3 aliphatic rings. The molecule has 118 valence electrons. The van der Waals surface area contributed by atoms with Crippen LogP contribution in [-0.2, 0) is 28.5 Å². The molecule has 1 saturated carbocycles. The molecular weight excluding hydrogens is 280 g/mol. The quantitative estimate of drug-likeness (QED) is 0.528. The van der Waals surface area contributed by atoms with E-state index >= 15 is 0 Å². The molecule has 1 N–H and O–H groups in total. The Morgan fingerprint density at radius 3 is 2.10 bits per heavy atom. The summed E-state index contributed by atoms with van der Waals surface area (Å²) in [7, 11) is 0. The van der Waals surface area contributed by atoms with Gasteiger partial charge in [0.2, 0.25) is 0 Å². The highest BCUT2D eigenvalue weighted by Gasteiger charge is 2.39. The molecule has 0 aromatic rings. The first-order chi connectivity index (χ1) is 10.1. The first kappa shape index (κ1) is 14.7. The van der Waals surface area contributed by atoms with Crippen LogP contribution in [0.4, 0.5) is 0 Å². The van der Waals surface area contributed by atoms with Gasteiger partial charge < -0.3 is 24.1 Å². The van der Waals surface area contributed by atoms with Gasteiger partial charge in [-0.15, -0.1) is 0 Å². The third-order valence-electron chi connectivity index (χ3n) is 4.08. The third-order valence-corrected chi connectivity index (χ3v) is 4.08. The van der Waals surface area contributed by atoms with Crippen molar-refractivity contribution in [2.45, 2.75) is 37.6 Å². The second-order valence-electron chi connectivity index (χ2n) is 5.85. The van der Waals surface area contributed by atoms with Crippen LogP contribution < -0.4 is 0 Å². The monoisotopic (exact) mass is 300 g/mol. The average molecular weight is 300 g/mol. The van der Waals surface area contributed by atoms with E-state index in [-0.39, 0.29) is 43.7 Å². The maximum Gasteiger partial charge on any atom is 0.311 e. The van der Waals surface area contributed by atoms with Crippen LogP contribution in [0.5, 0.6) is 0 Å². The molecule has 0 bridgehead atoms. The van der Waals surface area contributed by atoms with Gasteiger partial charge in [-0.3, -0.25) is 9.59 Å². The number of rotatable bonds is 6. The Balaban J connectivity index is 1.41. The molecule has 7 nitrogen and oxygen atoms in total. The molecule has 0 aromatic carbocycles. The summed E-state index contributed by atoms with van der Waals surface area (Å²) in [4.78, 5) is 23.7. The first-order valence-corrected chi connectivity index (χ1v) is 7.38. The fourth-order valence-corrected chi connectivity index (χ4v) is 2.54. The number of carbonyl (C=O) groups is 2. The average Bonchev–Trinajstić information content (AvgIpc) is 3.36. The van der Waals surface area contributed by atoms with E-state index < -0.39 is 18.0 Å². The van der Waals surface area contributed by atoms with Crippen molar-refractivity contribution in [3.63, 3.8) is 0 Å². The largest absolute Gasteiger partial charge is 0.463 e. The minimum atomic E-state index is -0.860. The number of aliphatic hydroxyl groups excluding tert-OH is 1. The summed E-state index contributed by atoms with van der Waals surface area (Å²) < 4.78 is 20.2. The molecule has 21 heavy (non-hydrogen) atoms. The van der Waals surface area contributed by atoms with Gasteiger partial charge in [-0.2, -0.15) is 0 Å². The van der Waals surface area contributed by atoms with Crippen LogP contribution in [0.3, 0.4) is 0 Å². The normalized spacial score (nSPS) is 37.7. The lowest BCUT2D eigenvalue weighted by Gasteiger charge is -2.30. The predicted molar refractivity (Wildman–Crippen MR) is 68.2 cm³/mol. The van der Waals surface area contributed by atoms with Crippen LogP contribution in [0.2, 0.25) is 0 Å². The Hall–Kier alpha value is -1.18. The van der Waals surface area contributed by atoms with E-state index in [0.717, 1.165) is 0 Å². The molecule has 0 amide bonds. The highest BCUT2D eigenvalue weighted by molar-refractivity contribution is 5.76. The van der Waals surface area contributed by atoms with E-state index in [2.05, 4.69) is 0 Å².